The van der Waals surface area contributed by atoms with Crippen LogP contribution in [0.15, 0.2) is 23.6 Å². The van der Waals surface area contributed by atoms with Gasteiger partial charge in [0.1, 0.15) is 5.75 Å². The molecule has 0 amide bonds. The van der Waals surface area contributed by atoms with Crippen LogP contribution in [0.1, 0.15) is 16.8 Å². The first-order valence-corrected chi connectivity index (χ1v) is 7.29. The first-order chi connectivity index (χ1) is 9.99. The van der Waals surface area contributed by atoms with Crippen molar-refractivity contribution in [2.75, 3.05) is 18.6 Å². The maximum atomic E-state index is 12.6. The van der Waals surface area contributed by atoms with Crippen LogP contribution >= 0.6 is 11.3 Å². The fourth-order valence-electron chi connectivity index (χ4n) is 2.47. The molecule has 0 fully saturated rings. The molecule has 0 radical (unpaired) electrons. The normalized spacial score (nSPS) is 15.0. The monoisotopic (exact) mass is 314 g/mol. The molecule has 0 bridgehead atoms. The third kappa shape index (κ3) is 2.70. The molecular weight excluding hydrogens is 301 g/mol. The van der Waals surface area contributed by atoms with Crippen molar-refractivity contribution >= 4 is 16.5 Å². The third-order valence-electron chi connectivity index (χ3n) is 3.50. The molecule has 0 saturated heterocycles. The maximum absolute atomic E-state index is 12.6. The van der Waals surface area contributed by atoms with E-state index in [-0.39, 0.29) is 0 Å². The SMILES string of the molecule is COc1cccc2c1CCN(c1nc(C(F)(F)F)cs1)C2. The average molecular weight is 314 g/mol. The summed E-state index contributed by atoms with van der Waals surface area (Å²) in [6.45, 7) is 1.19. The summed E-state index contributed by atoms with van der Waals surface area (Å²) in [7, 11) is 1.62. The summed E-state index contributed by atoms with van der Waals surface area (Å²) in [6.07, 6.45) is -3.65. The fraction of sp³-hybridized carbons (Fsp3) is 0.357. The minimum Gasteiger partial charge on any atom is -0.496 e. The van der Waals surface area contributed by atoms with Crippen molar-refractivity contribution in [3.05, 3.63) is 40.4 Å². The minimum absolute atomic E-state index is 0.413. The van der Waals surface area contributed by atoms with Gasteiger partial charge in [-0.15, -0.1) is 11.3 Å². The van der Waals surface area contributed by atoms with Crippen LogP contribution in [0, 0.1) is 0 Å². The van der Waals surface area contributed by atoms with E-state index in [1.807, 2.05) is 23.1 Å². The van der Waals surface area contributed by atoms with Crippen LogP contribution < -0.4 is 9.64 Å². The summed E-state index contributed by atoms with van der Waals surface area (Å²) in [6, 6.07) is 5.77. The summed E-state index contributed by atoms with van der Waals surface area (Å²) >= 11 is 1.03. The molecule has 1 aliphatic rings. The van der Waals surface area contributed by atoms with Crippen molar-refractivity contribution < 1.29 is 17.9 Å². The Hall–Kier alpha value is -1.76. The second-order valence-electron chi connectivity index (χ2n) is 4.78. The van der Waals surface area contributed by atoms with Crippen molar-refractivity contribution in [3.8, 4) is 5.75 Å². The highest BCUT2D eigenvalue weighted by molar-refractivity contribution is 7.13. The number of alkyl halides is 3. The van der Waals surface area contributed by atoms with Gasteiger partial charge in [0, 0.05) is 24.0 Å². The zero-order valence-electron chi connectivity index (χ0n) is 11.3. The second kappa shape index (κ2) is 5.22. The van der Waals surface area contributed by atoms with Crippen LogP contribution in [0.3, 0.4) is 0 Å². The molecule has 1 aliphatic heterocycles. The first-order valence-electron chi connectivity index (χ1n) is 6.41. The molecule has 112 valence electrons. The lowest BCUT2D eigenvalue weighted by atomic mass is 9.99. The number of ether oxygens (including phenoxy) is 1. The molecule has 21 heavy (non-hydrogen) atoms. The molecule has 0 N–H and O–H groups in total. The zero-order valence-corrected chi connectivity index (χ0v) is 12.1. The summed E-state index contributed by atoms with van der Waals surface area (Å²) < 4.78 is 43.2. The number of fused-ring (bicyclic) bond motifs is 1. The highest BCUT2D eigenvalue weighted by atomic mass is 32.1. The predicted molar refractivity (Wildman–Crippen MR) is 74.9 cm³/mol. The van der Waals surface area contributed by atoms with Gasteiger partial charge in [-0.1, -0.05) is 12.1 Å². The molecule has 0 saturated carbocycles. The van der Waals surface area contributed by atoms with Crippen LogP contribution in [0.4, 0.5) is 18.3 Å². The first kappa shape index (κ1) is 14.2. The molecule has 1 aromatic heterocycles. The smallest absolute Gasteiger partial charge is 0.434 e. The summed E-state index contributed by atoms with van der Waals surface area (Å²) in [5, 5.41) is 1.48. The molecule has 7 heteroatoms. The summed E-state index contributed by atoms with van der Waals surface area (Å²) in [4.78, 5) is 5.59. The molecule has 0 spiro atoms. The highest BCUT2D eigenvalue weighted by Crippen LogP contribution is 2.35. The van der Waals surface area contributed by atoms with Gasteiger partial charge in [0.2, 0.25) is 0 Å². The Morgan fingerprint density at radius 2 is 2.14 bits per heavy atom. The number of nitrogens with zero attached hydrogens (tertiary/aromatic N) is 2. The van der Waals surface area contributed by atoms with Gasteiger partial charge in [0.15, 0.2) is 10.8 Å². The van der Waals surface area contributed by atoms with E-state index in [9.17, 15) is 13.2 Å². The highest BCUT2D eigenvalue weighted by Gasteiger charge is 2.34. The van der Waals surface area contributed by atoms with Crippen molar-refractivity contribution in [2.24, 2.45) is 0 Å². The Morgan fingerprint density at radius 3 is 2.81 bits per heavy atom. The van der Waals surface area contributed by atoms with E-state index in [2.05, 4.69) is 4.98 Å². The van der Waals surface area contributed by atoms with E-state index in [1.54, 1.807) is 7.11 Å². The second-order valence-corrected chi connectivity index (χ2v) is 5.62. The van der Waals surface area contributed by atoms with Gasteiger partial charge >= 0.3 is 6.18 Å². The molecule has 1 aromatic carbocycles. The Labute approximate surface area is 124 Å². The lowest BCUT2D eigenvalue weighted by molar-refractivity contribution is -0.140. The Kier molecular flexibility index (Phi) is 3.52. The number of halogens is 3. The standard InChI is InChI=1S/C14H13F3N2OS/c1-20-11-4-2-3-9-7-19(6-5-10(9)11)13-18-12(8-21-13)14(15,16)17/h2-4,8H,5-7H2,1H3. The van der Waals surface area contributed by atoms with Crippen LogP contribution in [0.2, 0.25) is 0 Å². The van der Waals surface area contributed by atoms with E-state index < -0.39 is 11.9 Å². The number of methoxy groups -OCH3 is 1. The van der Waals surface area contributed by atoms with Gasteiger partial charge in [-0.3, -0.25) is 0 Å². The molecule has 2 aromatic rings. The lowest BCUT2D eigenvalue weighted by Crippen LogP contribution is -2.30. The van der Waals surface area contributed by atoms with Gasteiger partial charge < -0.3 is 9.64 Å². The van der Waals surface area contributed by atoms with Gasteiger partial charge in [-0.25, -0.2) is 4.98 Å². The third-order valence-corrected chi connectivity index (χ3v) is 4.40. The fourth-order valence-corrected chi connectivity index (χ4v) is 3.33. The molecule has 3 rings (SSSR count). The molecule has 0 aliphatic carbocycles. The van der Waals surface area contributed by atoms with Crippen LogP contribution in [-0.2, 0) is 19.1 Å². The summed E-state index contributed by atoms with van der Waals surface area (Å²) in [5.74, 6) is 0.835. The Balaban J connectivity index is 1.85. The number of benzene rings is 1. The van der Waals surface area contributed by atoms with Crippen molar-refractivity contribution in [1.29, 1.82) is 0 Å². The zero-order chi connectivity index (χ0) is 15.0. The number of hydrogen-bond acceptors (Lipinski definition) is 4. The van der Waals surface area contributed by atoms with E-state index in [0.29, 0.717) is 18.2 Å². The van der Waals surface area contributed by atoms with Gasteiger partial charge in [-0.2, -0.15) is 13.2 Å². The largest absolute Gasteiger partial charge is 0.496 e. The van der Waals surface area contributed by atoms with E-state index in [4.69, 9.17) is 4.74 Å². The Morgan fingerprint density at radius 1 is 1.33 bits per heavy atom. The van der Waals surface area contributed by atoms with E-state index >= 15 is 0 Å². The molecule has 2 heterocycles. The number of anilines is 1. The molecule has 0 unspecified atom stereocenters. The quantitative estimate of drug-likeness (QED) is 0.844. The van der Waals surface area contributed by atoms with Gasteiger partial charge in [0.05, 0.1) is 7.11 Å². The number of aromatic nitrogens is 1. The minimum atomic E-state index is -4.38. The lowest BCUT2D eigenvalue weighted by Gasteiger charge is -2.29. The molecular formula is C14H13F3N2OS. The van der Waals surface area contributed by atoms with E-state index in [0.717, 1.165) is 40.0 Å². The van der Waals surface area contributed by atoms with Crippen molar-refractivity contribution in [1.82, 2.24) is 4.98 Å². The van der Waals surface area contributed by atoms with Gasteiger partial charge in [-0.05, 0) is 18.1 Å². The van der Waals surface area contributed by atoms with Crippen LogP contribution in [0.25, 0.3) is 0 Å². The van der Waals surface area contributed by atoms with Crippen molar-refractivity contribution in [3.63, 3.8) is 0 Å². The van der Waals surface area contributed by atoms with E-state index in [1.165, 1.54) is 0 Å². The van der Waals surface area contributed by atoms with Gasteiger partial charge in [0.25, 0.3) is 0 Å². The predicted octanol–water partition coefficient (Wildman–Crippen LogP) is 3.73. The molecule has 0 atom stereocenters. The number of thiazole rings is 1. The number of hydrogen-bond donors (Lipinski definition) is 0. The average Bonchev–Trinajstić information content (AvgIpc) is 2.96. The Bertz CT molecular complexity index is 654. The number of rotatable bonds is 2. The summed E-state index contributed by atoms with van der Waals surface area (Å²) in [5.41, 5.74) is 1.38. The van der Waals surface area contributed by atoms with Crippen LogP contribution in [0.5, 0.6) is 5.75 Å². The topological polar surface area (TPSA) is 25.4 Å². The van der Waals surface area contributed by atoms with Crippen molar-refractivity contribution in [2.45, 2.75) is 19.1 Å². The maximum Gasteiger partial charge on any atom is 0.434 e. The molecule has 3 nitrogen and oxygen atoms in total. The van der Waals surface area contributed by atoms with Crippen LogP contribution in [-0.4, -0.2) is 18.6 Å².